The molecule has 0 aliphatic carbocycles. The van der Waals surface area contributed by atoms with Gasteiger partial charge in [0.1, 0.15) is 0 Å². The quantitative estimate of drug-likeness (QED) is 0.793. The van der Waals surface area contributed by atoms with Crippen LogP contribution < -0.4 is 5.32 Å². The first-order chi connectivity index (χ1) is 8.17. The first-order valence-electron chi connectivity index (χ1n) is 7.64. The van der Waals surface area contributed by atoms with Crippen LogP contribution in [0.4, 0.5) is 0 Å². The highest BCUT2D eigenvalue weighted by atomic mass is 15.2. The van der Waals surface area contributed by atoms with Crippen molar-refractivity contribution in [3.05, 3.63) is 0 Å². The van der Waals surface area contributed by atoms with Gasteiger partial charge in [0.2, 0.25) is 0 Å². The predicted molar refractivity (Wildman–Crippen MR) is 76.4 cm³/mol. The van der Waals surface area contributed by atoms with Crippen LogP contribution in [-0.4, -0.2) is 36.6 Å². The van der Waals surface area contributed by atoms with E-state index >= 15 is 0 Å². The molecule has 0 amide bonds. The maximum absolute atomic E-state index is 3.70. The van der Waals surface area contributed by atoms with E-state index in [9.17, 15) is 0 Å². The Kier molecular flexibility index (Phi) is 7.14. The second-order valence-corrected chi connectivity index (χ2v) is 5.89. The SMILES string of the molecule is CCCCC(C)N1CCC(CC)NCC(C)C1. The molecule has 0 spiro atoms. The third-order valence-corrected chi connectivity index (χ3v) is 4.16. The fourth-order valence-corrected chi connectivity index (χ4v) is 2.78. The van der Waals surface area contributed by atoms with E-state index in [2.05, 4.69) is 37.9 Å². The van der Waals surface area contributed by atoms with Crippen LogP contribution >= 0.6 is 0 Å². The molecule has 1 heterocycles. The minimum Gasteiger partial charge on any atom is -0.314 e. The molecule has 0 radical (unpaired) electrons. The highest BCUT2D eigenvalue weighted by Crippen LogP contribution is 2.15. The molecule has 0 aromatic rings. The summed E-state index contributed by atoms with van der Waals surface area (Å²) in [5.74, 6) is 0.786. The number of nitrogens with one attached hydrogen (secondary N) is 1. The summed E-state index contributed by atoms with van der Waals surface area (Å²) >= 11 is 0. The van der Waals surface area contributed by atoms with Gasteiger partial charge >= 0.3 is 0 Å². The van der Waals surface area contributed by atoms with Crippen LogP contribution in [0.2, 0.25) is 0 Å². The van der Waals surface area contributed by atoms with E-state index in [0.29, 0.717) is 0 Å². The third kappa shape index (κ3) is 5.39. The van der Waals surface area contributed by atoms with E-state index in [1.54, 1.807) is 0 Å². The van der Waals surface area contributed by atoms with Gasteiger partial charge in [-0.2, -0.15) is 0 Å². The molecule has 17 heavy (non-hydrogen) atoms. The minimum absolute atomic E-state index is 0.735. The molecule has 3 atom stereocenters. The summed E-state index contributed by atoms with van der Waals surface area (Å²) in [6, 6.07) is 1.51. The van der Waals surface area contributed by atoms with Crippen LogP contribution in [0, 0.1) is 5.92 Å². The van der Waals surface area contributed by atoms with Crippen molar-refractivity contribution in [2.75, 3.05) is 19.6 Å². The lowest BCUT2D eigenvalue weighted by molar-refractivity contribution is 0.145. The van der Waals surface area contributed by atoms with Crippen LogP contribution in [-0.2, 0) is 0 Å². The van der Waals surface area contributed by atoms with Crippen molar-refractivity contribution >= 4 is 0 Å². The van der Waals surface area contributed by atoms with Gasteiger partial charge < -0.3 is 10.2 Å². The lowest BCUT2D eigenvalue weighted by atomic mass is 10.0. The van der Waals surface area contributed by atoms with Crippen molar-refractivity contribution in [1.29, 1.82) is 0 Å². The van der Waals surface area contributed by atoms with Gasteiger partial charge in [-0.25, -0.2) is 0 Å². The summed E-state index contributed by atoms with van der Waals surface area (Å²) < 4.78 is 0. The van der Waals surface area contributed by atoms with Gasteiger partial charge in [0.25, 0.3) is 0 Å². The summed E-state index contributed by atoms with van der Waals surface area (Å²) in [6.45, 7) is 13.1. The van der Waals surface area contributed by atoms with Gasteiger partial charge in [0.05, 0.1) is 0 Å². The minimum atomic E-state index is 0.735. The number of hydrogen-bond acceptors (Lipinski definition) is 2. The van der Waals surface area contributed by atoms with Crippen molar-refractivity contribution in [2.45, 2.75) is 71.9 Å². The van der Waals surface area contributed by atoms with Crippen LogP contribution in [0.1, 0.15) is 59.8 Å². The lowest BCUT2D eigenvalue weighted by Crippen LogP contribution is -2.46. The molecule has 1 N–H and O–H groups in total. The Morgan fingerprint density at radius 2 is 2.12 bits per heavy atom. The lowest BCUT2D eigenvalue weighted by Gasteiger charge is -2.36. The molecule has 2 heteroatoms. The van der Waals surface area contributed by atoms with Crippen molar-refractivity contribution in [2.24, 2.45) is 5.92 Å². The van der Waals surface area contributed by atoms with Gasteiger partial charge in [0.15, 0.2) is 0 Å². The van der Waals surface area contributed by atoms with Crippen molar-refractivity contribution < 1.29 is 0 Å². The molecule has 3 unspecified atom stereocenters. The smallest absolute Gasteiger partial charge is 0.00767 e. The van der Waals surface area contributed by atoms with E-state index in [4.69, 9.17) is 0 Å². The Balaban J connectivity index is 2.45. The molecule has 1 aliphatic heterocycles. The average molecular weight is 240 g/mol. The second-order valence-electron chi connectivity index (χ2n) is 5.89. The average Bonchev–Trinajstić information content (AvgIpc) is 2.31. The summed E-state index contributed by atoms with van der Waals surface area (Å²) in [6.07, 6.45) is 6.66. The van der Waals surface area contributed by atoms with Gasteiger partial charge in [-0.1, -0.05) is 33.6 Å². The maximum Gasteiger partial charge on any atom is 0.00767 e. The first kappa shape index (κ1) is 15.0. The highest BCUT2D eigenvalue weighted by Gasteiger charge is 2.20. The summed E-state index contributed by atoms with van der Waals surface area (Å²) in [4.78, 5) is 2.73. The van der Waals surface area contributed by atoms with Crippen molar-refractivity contribution in [1.82, 2.24) is 10.2 Å². The molecule has 1 rings (SSSR count). The van der Waals surface area contributed by atoms with E-state index in [0.717, 1.165) is 18.0 Å². The molecule has 0 saturated carbocycles. The number of nitrogens with zero attached hydrogens (tertiary/aromatic N) is 1. The van der Waals surface area contributed by atoms with Gasteiger partial charge in [-0.05, 0) is 45.2 Å². The molecule has 0 aromatic heterocycles. The zero-order valence-corrected chi connectivity index (χ0v) is 12.3. The van der Waals surface area contributed by atoms with E-state index in [1.165, 1.54) is 51.7 Å². The topological polar surface area (TPSA) is 15.3 Å². The summed E-state index contributed by atoms with van der Waals surface area (Å²) in [5.41, 5.74) is 0. The Morgan fingerprint density at radius 1 is 1.35 bits per heavy atom. The zero-order chi connectivity index (χ0) is 12.7. The Bertz CT molecular complexity index is 193. The standard InChI is InChI=1S/C15H32N2/c1-5-7-8-14(4)17-10-9-15(6-2)16-11-13(3)12-17/h13-16H,5-12H2,1-4H3. The van der Waals surface area contributed by atoms with Crippen LogP contribution in [0.5, 0.6) is 0 Å². The molecule has 0 aromatic carbocycles. The van der Waals surface area contributed by atoms with Crippen LogP contribution in [0.15, 0.2) is 0 Å². The third-order valence-electron chi connectivity index (χ3n) is 4.16. The summed E-state index contributed by atoms with van der Waals surface area (Å²) in [7, 11) is 0. The van der Waals surface area contributed by atoms with Gasteiger partial charge in [-0.3, -0.25) is 0 Å². The van der Waals surface area contributed by atoms with E-state index in [-0.39, 0.29) is 0 Å². The normalized spacial score (nSPS) is 29.6. The largest absolute Gasteiger partial charge is 0.314 e. The molecule has 1 aliphatic rings. The van der Waals surface area contributed by atoms with Crippen molar-refractivity contribution in [3.8, 4) is 0 Å². The summed E-state index contributed by atoms with van der Waals surface area (Å²) in [5, 5.41) is 3.70. The molecule has 2 nitrogen and oxygen atoms in total. The van der Waals surface area contributed by atoms with Gasteiger partial charge in [0, 0.05) is 18.6 Å². The molecular formula is C15H32N2. The highest BCUT2D eigenvalue weighted by molar-refractivity contribution is 4.78. The van der Waals surface area contributed by atoms with Crippen LogP contribution in [0.3, 0.4) is 0 Å². The Hall–Kier alpha value is -0.0800. The first-order valence-corrected chi connectivity index (χ1v) is 7.64. The maximum atomic E-state index is 3.70. The number of unbranched alkanes of at least 4 members (excludes halogenated alkanes) is 1. The molecular weight excluding hydrogens is 208 g/mol. The number of hydrogen-bond donors (Lipinski definition) is 1. The fourth-order valence-electron chi connectivity index (χ4n) is 2.78. The Morgan fingerprint density at radius 3 is 2.76 bits per heavy atom. The fraction of sp³-hybridized carbons (Fsp3) is 1.00. The monoisotopic (exact) mass is 240 g/mol. The Labute approximate surface area is 108 Å². The molecule has 1 fully saturated rings. The van der Waals surface area contributed by atoms with Crippen molar-refractivity contribution in [3.63, 3.8) is 0 Å². The zero-order valence-electron chi connectivity index (χ0n) is 12.3. The number of rotatable bonds is 5. The molecule has 1 saturated heterocycles. The predicted octanol–water partition coefficient (Wildman–Crippen LogP) is 3.28. The van der Waals surface area contributed by atoms with E-state index < -0.39 is 0 Å². The van der Waals surface area contributed by atoms with E-state index in [1.807, 2.05) is 0 Å². The molecule has 0 bridgehead atoms. The van der Waals surface area contributed by atoms with Crippen LogP contribution in [0.25, 0.3) is 0 Å². The second kappa shape index (κ2) is 8.10. The molecule has 102 valence electrons. The van der Waals surface area contributed by atoms with Gasteiger partial charge in [-0.15, -0.1) is 0 Å².